The van der Waals surface area contributed by atoms with Gasteiger partial charge in [-0.05, 0) is 51.5 Å². The number of carbonyl (C=O) groups is 6. The third-order valence-corrected chi connectivity index (χ3v) is 10.1. The summed E-state index contributed by atoms with van der Waals surface area (Å²) in [7, 11) is 0. The van der Waals surface area contributed by atoms with Crippen LogP contribution in [-0.4, -0.2) is 107 Å². The van der Waals surface area contributed by atoms with Crippen LogP contribution < -0.4 is 21.7 Å². The van der Waals surface area contributed by atoms with Crippen LogP contribution in [0.3, 0.4) is 0 Å². The van der Waals surface area contributed by atoms with Crippen LogP contribution in [0, 0.1) is 5.92 Å². The zero-order chi connectivity index (χ0) is 39.0. The number of rotatable bonds is 16. The molecular formula is C36H48N10O8. The van der Waals surface area contributed by atoms with Crippen LogP contribution in [0.15, 0.2) is 36.7 Å². The number of aliphatic hydroxyl groups is 1. The van der Waals surface area contributed by atoms with Gasteiger partial charge in [0.15, 0.2) is 0 Å². The van der Waals surface area contributed by atoms with Crippen LogP contribution in [0.25, 0.3) is 10.9 Å². The van der Waals surface area contributed by atoms with Crippen molar-refractivity contribution in [3.05, 3.63) is 48.2 Å². The zero-order valence-corrected chi connectivity index (χ0v) is 30.4. The van der Waals surface area contributed by atoms with E-state index in [-0.39, 0.29) is 44.1 Å². The summed E-state index contributed by atoms with van der Waals surface area (Å²) in [6, 6.07) is 2.95. The predicted molar refractivity (Wildman–Crippen MR) is 192 cm³/mol. The molecule has 0 radical (unpaired) electrons. The molecule has 1 aromatic carbocycles. The lowest BCUT2D eigenvalue weighted by Gasteiger charge is -2.32. The van der Waals surface area contributed by atoms with Gasteiger partial charge < -0.3 is 36.8 Å². The average molecular weight is 749 g/mol. The lowest BCUT2D eigenvalue weighted by atomic mass is 9.84. The molecule has 18 nitrogen and oxygen atoms in total. The molecule has 2 unspecified atom stereocenters. The second kappa shape index (κ2) is 17.5. The number of nitrogens with zero attached hydrogens (tertiary/aromatic N) is 6. The van der Waals surface area contributed by atoms with Crippen molar-refractivity contribution >= 4 is 46.4 Å². The lowest BCUT2D eigenvalue weighted by molar-refractivity contribution is -0.142. The number of amides is 5. The number of nitrogens with one attached hydrogen (secondary N) is 3. The Labute approximate surface area is 311 Å². The van der Waals surface area contributed by atoms with Gasteiger partial charge >= 0.3 is 6.09 Å². The number of likely N-dealkylation sites (tertiary alicyclic amines) is 1. The molecule has 7 N–H and O–H groups in total. The molecule has 2 aromatic heterocycles. The Balaban J connectivity index is 1.44. The van der Waals surface area contributed by atoms with E-state index in [0.29, 0.717) is 24.1 Å². The number of fused-ring (bicyclic) bond motifs is 1. The summed E-state index contributed by atoms with van der Waals surface area (Å²) in [5, 5.41) is 36.3. The predicted octanol–water partition coefficient (Wildman–Crippen LogP) is 1.34. The Hall–Kier alpha value is -5.52. The molecule has 1 saturated heterocycles. The van der Waals surface area contributed by atoms with E-state index in [1.807, 2.05) is 12.1 Å². The van der Waals surface area contributed by atoms with Crippen molar-refractivity contribution in [2.24, 2.45) is 11.7 Å². The second-order valence-electron chi connectivity index (χ2n) is 14.6. The number of hydrogen-bond donors (Lipinski definition) is 6. The summed E-state index contributed by atoms with van der Waals surface area (Å²) in [6.07, 6.45) is 7.37. The molecule has 0 bridgehead atoms. The highest BCUT2D eigenvalue weighted by atomic mass is 16.4. The first-order valence-electron chi connectivity index (χ1n) is 18.3. The molecule has 1 aliphatic carbocycles. The number of nitrogens with two attached hydrogens (primary N) is 1. The smallest absolute Gasteiger partial charge is 0.404 e. The maximum absolute atomic E-state index is 14.7. The van der Waals surface area contributed by atoms with Gasteiger partial charge in [-0.3, -0.25) is 24.0 Å². The maximum Gasteiger partial charge on any atom is 0.404 e. The second-order valence-corrected chi connectivity index (χ2v) is 14.6. The number of ketones is 1. The fourth-order valence-electron chi connectivity index (χ4n) is 7.29. The normalized spacial score (nSPS) is 18.8. The van der Waals surface area contributed by atoms with Crippen molar-refractivity contribution in [3.63, 3.8) is 0 Å². The van der Waals surface area contributed by atoms with Gasteiger partial charge in [-0.15, -0.1) is 5.10 Å². The van der Waals surface area contributed by atoms with Crippen molar-refractivity contribution in [3.8, 4) is 0 Å². The summed E-state index contributed by atoms with van der Waals surface area (Å²) in [6.45, 7) is 3.15. The van der Waals surface area contributed by atoms with Crippen molar-refractivity contribution in [1.82, 2.24) is 45.8 Å². The molecule has 2 fully saturated rings. The zero-order valence-electron chi connectivity index (χ0n) is 30.4. The van der Waals surface area contributed by atoms with Crippen LogP contribution in [0.2, 0.25) is 0 Å². The summed E-state index contributed by atoms with van der Waals surface area (Å²) < 4.78 is 1.46. The number of hydrogen-bond acceptors (Lipinski definition) is 11. The molecule has 3 heterocycles. The number of primary amides is 1. The molecule has 5 rings (SSSR count). The van der Waals surface area contributed by atoms with Crippen LogP contribution >= 0.6 is 0 Å². The molecule has 1 aliphatic heterocycles. The molecule has 290 valence electrons. The van der Waals surface area contributed by atoms with Crippen molar-refractivity contribution in [1.29, 1.82) is 0 Å². The number of aromatic nitrogens is 5. The van der Waals surface area contributed by atoms with Crippen molar-refractivity contribution < 1.29 is 39.0 Å². The summed E-state index contributed by atoms with van der Waals surface area (Å²) in [5.41, 5.74) is 4.85. The highest BCUT2D eigenvalue weighted by Crippen LogP contribution is 2.33. The molecule has 0 spiro atoms. The van der Waals surface area contributed by atoms with Gasteiger partial charge in [0.05, 0.1) is 29.5 Å². The topological polar surface area (TPSA) is 265 Å². The summed E-state index contributed by atoms with van der Waals surface area (Å²) >= 11 is 0. The molecule has 1 saturated carbocycles. The van der Waals surface area contributed by atoms with Gasteiger partial charge in [-0.1, -0.05) is 55.5 Å². The first kappa shape index (κ1) is 39.7. The third-order valence-electron chi connectivity index (χ3n) is 10.1. The minimum Gasteiger partial charge on any atom is -0.465 e. The molecular weight excluding hydrogens is 700 g/mol. The summed E-state index contributed by atoms with van der Waals surface area (Å²) in [4.78, 5) is 88.2. The fourth-order valence-corrected chi connectivity index (χ4v) is 7.29. The number of unbranched alkanes of at least 4 members (excludes halogenated alkanes) is 1. The van der Waals surface area contributed by atoms with E-state index in [0.717, 1.165) is 37.5 Å². The van der Waals surface area contributed by atoms with Gasteiger partial charge in [0.2, 0.25) is 23.4 Å². The summed E-state index contributed by atoms with van der Waals surface area (Å²) in [5.74, 6) is -4.23. The standard InChI is InChI=1S/C36H48N10O8/c1-36(2,54)28-19-40-44-46(28)23-17-27(32(49)42-25(29(47)30(37)48)14-8-9-15-38-35(52)53)45(20-23)34(51)26(16-21-10-4-3-5-11-21)43-33(50)31-39-18-22-12-6-7-13-24(22)41-31/h6-7,12-13,18-19,21,23,25-27,38,54H,3-5,8-11,14-17,20H2,1-2H3,(H2,37,48)(H,42,49)(H,43,50)(H,52,53)/t23-,25?,26?,27-/m0/s1. The maximum atomic E-state index is 14.7. The molecule has 4 atom stereocenters. The van der Waals surface area contributed by atoms with E-state index < -0.39 is 65.3 Å². The third kappa shape index (κ3) is 9.91. The molecule has 5 amide bonds. The largest absolute Gasteiger partial charge is 0.465 e. The van der Waals surface area contributed by atoms with Gasteiger partial charge in [0.25, 0.3) is 11.8 Å². The average Bonchev–Trinajstić information content (AvgIpc) is 3.82. The van der Waals surface area contributed by atoms with E-state index in [4.69, 9.17) is 10.8 Å². The van der Waals surface area contributed by atoms with Gasteiger partial charge in [-0.2, -0.15) is 0 Å². The highest BCUT2D eigenvalue weighted by Gasteiger charge is 2.45. The van der Waals surface area contributed by atoms with E-state index in [2.05, 4.69) is 36.2 Å². The van der Waals surface area contributed by atoms with Crippen molar-refractivity contribution in [2.75, 3.05) is 13.1 Å². The Morgan fingerprint density at radius 3 is 2.44 bits per heavy atom. The molecule has 3 aromatic rings. The van der Waals surface area contributed by atoms with Crippen LogP contribution in [0.5, 0.6) is 0 Å². The first-order valence-corrected chi connectivity index (χ1v) is 18.3. The minimum absolute atomic E-state index is 0.00189. The number of benzene rings is 1. The lowest BCUT2D eigenvalue weighted by Crippen LogP contribution is -2.56. The fraction of sp³-hybridized carbons (Fsp3) is 0.556. The van der Waals surface area contributed by atoms with E-state index in [1.54, 1.807) is 26.0 Å². The number of carbonyl (C=O) groups excluding carboxylic acids is 5. The highest BCUT2D eigenvalue weighted by molar-refractivity contribution is 6.37. The molecule has 2 aliphatic rings. The quantitative estimate of drug-likeness (QED) is 0.0896. The SMILES string of the molecule is CC(C)(O)c1cnnn1[C@H]1C[C@@H](C(=O)NC(CCCCNC(=O)O)C(=O)C(N)=O)N(C(=O)C(CC2CCCCC2)NC(=O)c2ncc3ccccc3n2)C1. The van der Waals surface area contributed by atoms with E-state index >= 15 is 0 Å². The molecule has 18 heteroatoms. The number of Topliss-reactive ketones (excluding diaryl/α,β-unsaturated/α-hetero) is 1. The Kier molecular flexibility index (Phi) is 12.9. The molecule has 54 heavy (non-hydrogen) atoms. The van der Waals surface area contributed by atoms with Crippen LogP contribution in [-0.2, 0) is 24.8 Å². The van der Waals surface area contributed by atoms with Gasteiger partial charge in [0, 0.05) is 31.1 Å². The number of para-hydroxylation sites is 1. The Morgan fingerprint density at radius 2 is 1.74 bits per heavy atom. The van der Waals surface area contributed by atoms with Crippen LogP contribution in [0.1, 0.15) is 100 Å². The van der Waals surface area contributed by atoms with Crippen molar-refractivity contribution in [2.45, 2.75) is 108 Å². The Bertz CT molecular complexity index is 1850. The van der Waals surface area contributed by atoms with Gasteiger partial charge in [-0.25, -0.2) is 19.4 Å². The van der Waals surface area contributed by atoms with Crippen LogP contribution in [0.4, 0.5) is 4.79 Å². The van der Waals surface area contributed by atoms with E-state index in [9.17, 15) is 33.9 Å². The van der Waals surface area contributed by atoms with E-state index in [1.165, 1.54) is 22.0 Å². The number of carboxylic acid groups (broad SMARTS) is 1. The van der Waals surface area contributed by atoms with Gasteiger partial charge in [0.1, 0.15) is 17.7 Å². The first-order chi connectivity index (χ1) is 25.7. The monoisotopic (exact) mass is 748 g/mol. The minimum atomic E-state index is -1.37. The Morgan fingerprint density at radius 1 is 1.00 bits per heavy atom.